The van der Waals surface area contributed by atoms with Gasteiger partial charge in [0.2, 0.25) is 0 Å². The van der Waals surface area contributed by atoms with Gasteiger partial charge in [-0.05, 0) is 35.6 Å². The molecule has 0 unspecified atom stereocenters. The van der Waals surface area contributed by atoms with Crippen LogP contribution in [0.25, 0.3) is 11.1 Å². The van der Waals surface area contributed by atoms with E-state index in [2.05, 4.69) is 31.2 Å². The van der Waals surface area contributed by atoms with E-state index in [4.69, 9.17) is 5.11 Å². The summed E-state index contributed by atoms with van der Waals surface area (Å²) in [6.45, 7) is 2.07. The summed E-state index contributed by atoms with van der Waals surface area (Å²) < 4.78 is 0. The molecule has 0 aliphatic rings. The highest BCUT2D eigenvalue weighted by atomic mass is 16.4. The van der Waals surface area contributed by atoms with E-state index in [-0.39, 0.29) is 6.42 Å². The summed E-state index contributed by atoms with van der Waals surface area (Å²) in [7, 11) is 0. The lowest BCUT2D eigenvalue weighted by molar-refractivity contribution is -0.136. The third-order valence-electron chi connectivity index (χ3n) is 3.01. The van der Waals surface area contributed by atoms with Crippen LogP contribution < -0.4 is 0 Å². The molecule has 0 amide bonds. The summed E-state index contributed by atoms with van der Waals surface area (Å²) in [5.41, 5.74) is 4.63. The Labute approximate surface area is 107 Å². The fourth-order valence-electron chi connectivity index (χ4n) is 2.00. The number of aryl methyl sites for hydroxylation is 2. The molecule has 0 heterocycles. The summed E-state index contributed by atoms with van der Waals surface area (Å²) in [6.07, 6.45) is 0.757. The molecule has 18 heavy (non-hydrogen) atoms. The van der Waals surface area contributed by atoms with Crippen molar-refractivity contribution in [3.05, 3.63) is 59.7 Å². The van der Waals surface area contributed by atoms with E-state index in [9.17, 15) is 4.79 Å². The molecule has 1 N–H and O–H groups in total. The van der Waals surface area contributed by atoms with Crippen LogP contribution >= 0.6 is 0 Å². The summed E-state index contributed by atoms with van der Waals surface area (Å²) >= 11 is 0. The lowest BCUT2D eigenvalue weighted by Crippen LogP contribution is -1.98. The maximum atomic E-state index is 10.6. The van der Waals surface area contributed by atoms with Gasteiger partial charge in [-0.3, -0.25) is 4.79 Å². The maximum Gasteiger partial charge on any atom is 0.303 e. The van der Waals surface area contributed by atoms with Gasteiger partial charge in [-0.15, -0.1) is 0 Å². The number of aliphatic carboxylic acids is 1. The Morgan fingerprint density at radius 2 is 1.83 bits per heavy atom. The third-order valence-corrected chi connectivity index (χ3v) is 3.01. The second-order valence-electron chi connectivity index (χ2n) is 4.41. The Kier molecular flexibility index (Phi) is 3.78. The Morgan fingerprint density at radius 3 is 2.50 bits per heavy atom. The summed E-state index contributed by atoms with van der Waals surface area (Å²) in [5, 5.41) is 8.72. The largest absolute Gasteiger partial charge is 0.481 e. The minimum atomic E-state index is -0.753. The normalized spacial score (nSPS) is 10.3. The van der Waals surface area contributed by atoms with Crippen LogP contribution in [0.3, 0.4) is 0 Å². The van der Waals surface area contributed by atoms with Gasteiger partial charge in [-0.25, -0.2) is 0 Å². The van der Waals surface area contributed by atoms with Gasteiger partial charge >= 0.3 is 5.97 Å². The van der Waals surface area contributed by atoms with Crippen molar-refractivity contribution in [3.63, 3.8) is 0 Å². The Bertz CT molecular complexity index is 544. The van der Waals surface area contributed by atoms with Gasteiger partial charge in [0, 0.05) is 6.42 Å². The number of carbonyl (C=O) groups is 1. The van der Waals surface area contributed by atoms with E-state index in [1.165, 1.54) is 16.7 Å². The molecule has 2 aromatic carbocycles. The van der Waals surface area contributed by atoms with Gasteiger partial charge in [0.1, 0.15) is 0 Å². The molecule has 0 bridgehead atoms. The van der Waals surface area contributed by atoms with Crippen molar-refractivity contribution in [2.45, 2.75) is 19.8 Å². The number of carboxylic acid groups (broad SMARTS) is 1. The molecule has 0 spiro atoms. The summed E-state index contributed by atoms with van der Waals surface area (Å²) in [6, 6.07) is 16.3. The second kappa shape index (κ2) is 5.50. The third kappa shape index (κ3) is 2.98. The van der Waals surface area contributed by atoms with Crippen LogP contribution in [-0.4, -0.2) is 11.1 Å². The van der Waals surface area contributed by atoms with Crippen molar-refractivity contribution in [1.82, 2.24) is 0 Å². The first kappa shape index (κ1) is 12.4. The molecule has 0 saturated heterocycles. The number of benzene rings is 2. The Balaban J connectivity index is 2.30. The van der Waals surface area contributed by atoms with E-state index in [1.807, 2.05) is 24.3 Å². The van der Waals surface area contributed by atoms with Crippen LogP contribution in [0.4, 0.5) is 0 Å². The standard InChI is InChI=1S/C16H16O2/c1-12-7-8-13(9-10-16(17)18)11-15(12)14-5-3-2-4-6-14/h2-8,11H,9-10H2,1H3,(H,17,18). The van der Waals surface area contributed by atoms with Crippen molar-refractivity contribution >= 4 is 5.97 Å². The smallest absolute Gasteiger partial charge is 0.303 e. The predicted octanol–water partition coefficient (Wildman–Crippen LogP) is 3.68. The summed E-state index contributed by atoms with van der Waals surface area (Å²) in [4.78, 5) is 10.6. The molecular formula is C16H16O2. The van der Waals surface area contributed by atoms with E-state index in [0.29, 0.717) is 6.42 Å². The van der Waals surface area contributed by atoms with Crippen LogP contribution in [-0.2, 0) is 11.2 Å². The van der Waals surface area contributed by atoms with Gasteiger partial charge in [0.05, 0.1) is 0 Å². The molecule has 0 aliphatic heterocycles. The molecule has 0 aromatic heterocycles. The van der Waals surface area contributed by atoms with Gasteiger partial charge in [0.15, 0.2) is 0 Å². The second-order valence-corrected chi connectivity index (χ2v) is 4.41. The SMILES string of the molecule is Cc1ccc(CCC(=O)O)cc1-c1ccccc1. The van der Waals surface area contributed by atoms with Crippen molar-refractivity contribution in [2.75, 3.05) is 0 Å². The van der Waals surface area contributed by atoms with Crippen LogP contribution in [0.2, 0.25) is 0 Å². The highest BCUT2D eigenvalue weighted by Gasteiger charge is 2.04. The molecular weight excluding hydrogens is 224 g/mol. The minimum absolute atomic E-state index is 0.178. The number of hydrogen-bond donors (Lipinski definition) is 1. The fraction of sp³-hybridized carbons (Fsp3) is 0.188. The fourth-order valence-corrected chi connectivity index (χ4v) is 2.00. The molecule has 2 rings (SSSR count). The van der Waals surface area contributed by atoms with Gasteiger partial charge < -0.3 is 5.11 Å². The molecule has 0 aliphatic carbocycles. The molecule has 92 valence electrons. The monoisotopic (exact) mass is 240 g/mol. The first-order valence-electron chi connectivity index (χ1n) is 6.03. The van der Waals surface area contributed by atoms with Crippen LogP contribution in [0.5, 0.6) is 0 Å². The Morgan fingerprint density at radius 1 is 1.11 bits per heavy atom. The van der Waals surface area contributed by atoms with Crippen LogP contribution in [0.15, 0.2) is 48.5 Å². The zero-order chi connectivity index (χ0) is 13.0. The topological polar surface area (TPSA) is 37.3 Å². The Hall–Kier alpha value is -2.09. The van der Waals surface area contributed by atoms with Crippen LogP contribution in [0, 0.1) is 6.92 Å². The molecule has 0 atom stereocenters. The zero-order valence-corrected chi connectivity index (χ0v) is 10.4. The first-order valence-corrected chi connectivity index (χ1v) is 6.03. The minimum Gasteiger partial charge on any atom is -0.481 e. The number of rotatable bonds is 4. The van der Waals surface area contributed by atoms with Gasteiger partial charge in [-0.2, -0.15) is 0 Å². The van der Waals surface area contributed by atoms with Gasteiger partial charge in [0.25, 0.3) is 0 Å². The van der Waals surface area contributed by atoms with Crippen molar-refractivity contribution in [2.24, 2.45) is 0 Å². The molecule has 2 nitrogen and oxygen atoms in total. The lowest BCUT2D eigenvalue weighted by atomic mass is 9.96. The molecule has 2 aromatic rings. The number of carboxylic acids is 1. The molecule has 0 radical (unpaired) electrons. The quantitative estimate of drug-likeness (QED) is 0.885. The highest BCUT2D eigenvalue weighted by Crippen LogP contribution is 2.24. The van der Waals surface area contributed by atoms with E-state index in [1.54, 1.807) is 0 Å². The molecule has 0 saturated carbocycles. The summed E-state index contributed by atoms with van der Waals surface area (Å²) in [5.74, 6) is -0.753. The molecule has 2 heteroatoms. The highest BCUT2D eigenvalue weighted by molar-refractivity contribution is 5.69. The lowest BCUT2D eigenvalue weighted by Gasteiger charge is -2.08. The van der Waals surface area contributed by atoms with Crippen molar-refractivity contribution in [1.29, 1.82) is 0 Å². The predicted molar refractivity (Wildman–Crippen MR) is 72.6 cm³/mol. The average Bonchev–Trinajstić information content (AvgIpc) is 2.38. The number of hydrogen-bond acceptors (Lipinski definition) is 1. The van der Waals surface area contributed by atoms with E-state index in [0.717, 1.165) is 5.56 Å². The van der Waals surface area contributed by atoms with Crippen molar-refractivity contribution in [3.8, 4) is 11.1 Å². The van der Waals surface area contributed by atoms with Gasteiger partial charge in [-0.1, -0.05) is 48.5 Å². The average molecular weight is 240 g/mol. The van der Waals surface area contributed by atoms with Crippen molar-refractivity contribution < 1.29 is 9.90 Å². The maximum absolute atomic E-state index is 10.6. The first-order chi connectivity index (χ1) is 8.66. The van der Waals surface area contributed by atoms with E-state index < -0.39 is 5.97 Å². The molecule has 0 fully saturated rings. The van der Waals surface area contributed by atoms with Crippen LogP contribution in [0.1, 0.15) is 17.5 Å². The van der Waals surface area contributed by atoms with E-state index >= 15 is 0 Å². The zero-order valence-electron chi connectivity index (χ0n) is 10.4.